The summed E-state index contributed by atoms with van der Waals surface area (Å²) in [6.07, 6.45) is -2.47. The molecule has 0 saturated carbocycles. The van der Waals surface area contributed by atoms with Gasteiger partial charge < -0.3 is 14.8 Å². The van der Waals surface area contributed by atoms with Crippen molar-refractivity contribution in [2.75, 3.05) is 38.7 Å². The molecule has 4 aromatic rings. The SMILES string of the molecule is [2H]c1cc(-c2ccc3nnn(CC(F)F)c3c2)c2c(OC)nc(N[C@@H]3CCN(C4COC4)CC3(F)F)nn12. The molecule has 10 nitrogen and oxygen atoms in total. The standard InChI is InChI=1S/C23H24F4N8O2/c1-36-21-20-15(13-2-3-16-17(8-13)35(32-30-16)9-19(24)25)4-7-34(20)31-22(29-21)28-18-5-6-33(12-23(18,26)27)14-10-37-11-14/h2-4,7-8,14,18-19H,5-6,9-12H2,1H3,(H,28,31)/t18-/m1/s1/i7D. The van der Waals surface area contributed by atoms with Crippen molar-refractivity contribution in [3.05, 3.63) is 30.4 Å². The second kappa shape index (κ2) is 9.10. The monoisotopic (exact) mass is 521 g/mol. The number of nitrogens with one attached hydrogen (secondary N) is 1. The first kappa shape index (κ1) is 22.7. The largest absolute Gasteiger partial charge is 0.479 e. The van der Waals surface area contributed by atoms with Crippen molar-refractivity contribution in [2.24, 2.45) is 0 Å². The van der Waals surface area contributed by atoms with Gasteiger partial charge in [-0.3, -0.25) is 4.90 Å². The van der Waals surface area contributed by atoms with Crippen molar-refractivity contribution in [1.82, 2.24) is 34.5 Å². The number of benzene rings is 1. The van der Waals surface area contributed by atoms with Crippen molar-refractivity contribution in [2.45, 2.75) is 37.4 Å². The zero-order chi connectivity index (χ0) is 26.6. The van der Waals surface area contributed by atoms with Gasteiger partial charge in [-0.25, -0.2) is 26.8 Å². The molecule has 0 radical (unpaired) electrons. The Hall–Kier alpha value is -3.52. The first-order valence-electron chi connectivity index (χ1n) is 12.3. The Labute approximate surface area is 209 Å². The Morgan fingerprint density at radius 2 is 2.14 bits per heavy atom. The molecule has 1 aromatic carbocycles. The maximum absolute atomic E-state index is 15.0. The van der Waals surface area contributed by atoms with E-state index >= 15 is 8.78 Å². The Morgan fingerprint density at radius 3 is 2.84 bits per heavy atom. The van der Waals surface area contributed by atoms with E-state index in [1.54, 1.807) is 23.1 Å². The van der Waals surface area contributed by atoms with E-state index < -0.39 is 31.5 Å². The first-order valence-corrected chi connectivity index (χ1v) is 11.8. The fraction of sp³-hybridized carbons (Fsp3) is 0.478. The summed E-state index contributed by atoms with van der Waals surface area (Å²) < 4.78 is 77.4. The topological polar surface area (TPSA) is 94.6 Å². The van der Waals surface area contributed by atoms with Gasteiger partial charge in [0.1, 0.15) is 17.6 Å². The molecule has 0 spiro atoms. The van der Waals surface area contributed by atoms with Gasteiger partial charge in [-0.1, -0.05) is 11.3 Å². The summed E-state index contributed by atoms with van der Waals surface area (Å²) in [5.41, 5.74) is 2.26. The van der Waals surface area contributed by atoms with E-state index in [2.05, 4.69) is 25.7 Å². The number of hydrogen-bond acceptors (Lipinski definition) is 8. The number of halogens is 4. The van der Waals surface area contributed by atoms with E-state index in [0.29, 0.717) is 47.4 Å². The van der Waals surface area contributed by atoms with Gasteiger partial charge in [0.05, 0.1) is 45.8 Å². The number of hydrogen-bond donors (Lipinski definition) is 1. The molecule has 1 atom stereocenters. The number of methoxy groups -OCH3 is 1. The number of anilines is 1. The lowest BCUT2D eigenvalue weighted by atomic mass is 9.98. The number of fused-ring (bicyclic) bond motifs is 2. The average molecular weight is 521 g/mol. The van der Waals surface area contributed by atoms with E-state index in [1.165, 1.54) is 17.7 Å². The second-order valence-electron chi connectivity index (χ2n) is 9.17. The van der Waals surface area contributed by atoms with Gasteiger partial charge in [0.2, 0.25) is 11.8 Å². The lowest BCUT2D eigenvalue weighted by Crippen LogP contribution is -2.61. The third-order valence-electron chi connectivity index (χ3n) is 6.80. The van der Waals surface area contributed by atoms with E-state index in [4.69, 9.17) is 10.8 Å². The van der Waals surface area contributed by atoms with Crippen molar-refractivity contribution >= 4 is 22.5 Å². The highest BCUT2D eigenvalue weighted by Gasteiger charge is 2.47. The molecule has 3 aromatic heterocycles. The van der Waals surface area contributed by atoms with Crippen LogP contribution in [-0.2, 0) is 11.3 Å². The average Bonchev–Trinajstić information content (AvgIpc) is 3.39. The summed E-state index contributed by atoms with van der Waals surface area (Å²) in [4.78, 5) is 6.07. The van der Waals surface area contributed by atoms with Gasteiger partial charge in [-0.15, -0.1) is 10.2 Å². The minimum atomic E-state index is -3.03. The molecule has 5 heterocycles. The van der Waals surface area contributed by atoms with Crippen LogP contribution in [0.4, 0.5) is 23.5 Å². The zero-order valence-corrected chi connectivity index (χ0v) is 19.7. The summed E-state index contributed by atoms with van der Waals surface area (Å²) in [5.74, 6) is -3.05. The van der Waals surface area contributed by atoms with Crippen LogP contribution in [0.2, 0.25) is 0 Å². The number of likely N-dealkylation sites (tertiary alicyclic amines) is 1. The van der Waals surface area contributed by atoms with E-state index in [0.717, 1.165) is 4.68 Å². The van der Waals surface area contributed by atoms with Crippen molar-refractivity contribution in [1.29, 1.82) is 0 Å². The van der Waals surface area contributed by atoms with E-state index in [9.17, 15) is 8.78 Å². The smallest absolute Gasteiger partial charge is 0.280 e. The minimum absolute atomic E-state index is 0.0164. The van der Waals surface area contributed by atoms with Crippen LogP contribution in [0.25, 0.3) is 27.7 Å². The van der Waals surface area contributed by atoms with Crippen molar-refractivity contribution in [3.8, 4) is 17.0 Å². The summed E-state index contributed by atoms with van der Waals surface area (Å²) in [6, 6.07) is 5.33. The first-order chi connectivity index (χ1) is 18.2. The highest BCUT2D eigenvalue weighted by atomic mass is 19.3. The molecule has 14 heteroatoms. The molecule has 2 aliphatic rings. The third kappa shape index (κ3) is 4.33. The predicted octanol–water partition coefficient (Wildman–Crippen LogP) is 2.94. The molecule has 6 rings (SSSR count). The fourth-order valence-corrected chi connectivity index (χ4v) is 4.79. The Kier molecular flexibility index (Phi) is 5.57. The quantitative estimate of drug-likeness (QED) is 0.371. The Morgan fingerprint density at radius 1 is 1.30 bits per heavy atom. The maximum atomic E-state index is 15.0. The zero-order valence-electron chi connectivity index (χ0n) is 20.7. The minimum Gasteiger partial charge on any atom is -0.479 e. The van der Waals surface area contributed by atoms with E-state index in [-0.39, 0.29) is 30.5 Å². The number of piperidine rings is 1. The second-order valence-corrected chi connectivity index (χ2v) is 9.17. The van der Waals surface area contributed by atoms with Crippen LogP contribution in [0.15, 0.2) is 30.4 Å². The Bertz CT molecular complexity index is 1490. The number of rotatable bonds is 7. The number of ether oxygens (including phenoxy) is 2. The van der Waals surface area contributed by atoms with Gasteiger partial charge in [0.15, 0.2) is 0 Å². The molecule has 2 saturated heterocycles. The normalized spacial score (nSPS) is 20.9. The van der Waals surface area contributed by atoms with Crippen LogP contribution >= 0.6 is 0 Å². The van der Waals surface area contributed by atoms with Crippen LogP contribution < -0.4 is 10.1 Å². The number of alkyl halides is 4. The maximum Gasteiger partial charge on any atom is 0.280 e. The number of aromatic nitrogens is 6. The molecule has 37 heavy (non-hydrogen) atoms. The summed E-state index contributed by atoms with van der Waals surface area (Å²) in [7, 11) is 1.38. The summed E-state index contributed by atoms with van der Waals surface area (Å²) in [5, 5.41) is 14.8. The fourth-order valence-electron chi connectivity index (χ4n) is 4.79. The van der Waals surface area contributed by atoms with Gasteiger partial charge in [0, 0.05) is 18.3 Å². The molecule has 1 N–H and O–H groups in total. The van der Waals surface area contributed by atoms with Crippen LogP contribution in [-0.4, -0.2) is 92.3 Å². The van der Waals surface area contributed by atoms with Crippen LogP contribution in [0.1, 0.15) is 7.79 Å². The molecular weight excluding hydrogens is 496 g/mol. The van der Waals surface area contributed by atoms with Crippen molar-refractivity contribution < 1.29 is 28.4 Å². The van der Waals surface area contributed by atoms with E-state index in [1.807, 2.05) is 0 Å². The molecule has 2 fully saturated rings. The van der Waals surface area contributed by atoms with Gasteiger partial charge >= 0.3 is 0 Å². The van der Waals surface area contributed by atoms with Gasteiger partial charge in [-0.05, 0) is 30.2 Å². The molecule has 2 aliphatic heterocycles. The lowest BCUT2D eigenvalue weighted by Gasteiger charge is -2.44. The third-order valence-corrected chi connectivity index (χ3v) is 6.80. The molecule has 0 unspecified atom stereocenters. The highest BCUT2D eigenvalue weighted by Crippen LogP contribution is 2.35. The highest BCUT2D eigenvalue weighted by molar-refractivity contribution is 5.89. The van der Waals surface area contributed by atoms with Crippen LogP contribution in [0.3, 0.4) is 0 Å². The summed E-state index contributed by atoms with van der Waals surface area (Å²) >= 11 is 0. The molecule has 0 amide bonds. The van der Waals surface area contributed by atoms with Gasteiger partial charge in [-0.2, -0.15) is 4.98 Å². The molecule has 0 aliphatic carbocycles. The number of nitrogens with zero attached hydrogens (tertiary/aromatic N) is 7. The molecule has 196 valence electrons. The van der Waals surface area contributed by atoms with Crippen LogP contribution in [0, 0.1) is 0 Å². The lowest BCUT2D eigenvalue weighted by molar-refractivity contribution is -0.131. The molecular formula is C23H24F4N8O2. The predicted molar refractivity (Wildman–Crippen MR) is 125 cm³/mol. The van der Waals surface area contributed by atoms with Gasteiger partial charge in [0.25, 0.3) is 12.3 Å². The van der Waals surface area contributed by atoms with Crippen molar-refractivity contribution in [3.63, 3.8) is 0 Å². The summed E-state index contributed by atoms with van der Waals surface area (Å²) in [6.45, 7) is 0.406. The molecule has 0 bridgehead atoms. The Balaban J connectivity index is 1.33. The van der Waals surface area contributed by atoms with Crippen LogP contribution in [0.5, 0.6) is 5.88 Å².